The Kier molecular flexibility index (Phi) is 4.12. The number of carbonyl (C=O) groups is 1. The lowest BCUT2D eigenvalue weighted by Crippen LogP contribution is -2.40. The number of halogens is 1. The minimum absolute atomic E-state index is 0. The van der Waals surface area contributed by atoms with Crippen LogP contribution in [0.1, 0.15) is 19.3 Å². The first kappa shape index (κ1) is 13.2. The number of para-hydroxylation sites is 1. The highest BCUT2D eigenvalue weighted by Crippen LogP contribution is 2.37. The molecule has 1 aromatic rings. The first-order valence-corrected chi connectivity index (χ1v) is 6.41. The summed E-state index contributed by atoms with van der Waals surface area (Å²) in [5, 5.41) is 3.19. The van der Waals surface area contributed by atoms with Crippen molar-refractivity contribution >= 4 is 24.0 Å². The number of amides is 1. The summed E-state index contributed by atoms with van der Waals surface area (Å²) in [6.07, 6.45) is 3.76. The van der Waals surface area contributed by atoms with Gasteiger partial charge in [-0.15, -0.1) is 12.4 Å². The minimum Gasteiger partial charge on any atom is -0.376 e. The van der Waals surface area contributed by atoms with Crippen LogP contribution in [0.2, 0.25) is 0 Å². The van der Waals surface area contributed by atoms with Gasteiger partial charge in [-0.1, -0.05) is 18.2 Å². The van der Waals surface area contributed by atoms with E-state index in [1.165, 1.54) is 19.3 Å². The van der Waals surface area contributed by atoms with Crippen LogP contribution in [0.15, 0.2) is 30.3 Å². The SMILES string of the molecule is Cl.O=C(CNc1ccccc1)N1CC2CCC1C2. The largest absolute Gasteiger partial charge is 0.376 e. The molecule has 1 heterocycles. The molecular weight excluding hydrogens is 248 g/mol. The van der Waals surface area contributed by atoms with Crippen LogP contribution in [-0.2, 0) is 4.79 Å². The zero-order chi connectivity index (χ0) is 11.7. The topological polar surface area (TPSA) is 32.3 Å². The Hall–Kier alpha value is -1.22. The van der Waals surface area contributed by atoms with E-state index in [4.69, 9.17) is 0 Å². The molecule has 18 heavy (non-hydrogen) atoms. The summed E-state index contributed by atoms with van der Waals surface area (Å²) in [6, 6.07) is 10.4. The van der Waals surface area contributed by atoms with Crippen LogP contribution in [-0.4, -0.2) is 29.9 Å². The van der Waals surface area contributed by atoms with Gasteiger partial charge < -0.3 is 10.2 Å². The van der Waals surface area contributed by atoms with Crippen LogP contribution in [0.3, 0.4) is 0 Å². The van der Waals surface area contributed by atoms with Gasteiger partial charge in [0, 0.05) is 18.3 Å². The molecule has 1 aliphatic carbocycles. The van der Waals surface area contributed by atoms with Gasteiger partial charge in [0.1, 0.15) is 0 Å². The fourth-order valence-corrected chi connectivity index (χ4v) is 3.07. The van der Waals surface area contributed by atoms with E-state index in [1.807, 2.05) is 30.3 Å². The molecule has 98 valence electrons. The predicted molar refractivity (Wildman–Crippen MR) is 75.0 cm³/mol. The predicted octanol–water partition coefficient (Wildman–Crippen LogP) is 2.53. The molecule has 2 fully saturated rings. The normalized spacial score (nSPS) is 24.8. The van der Waals surface area contributed by atoms with Gasteiger partial charge in [-0.25, -0.2) is 0 Å². The van der Waals surface area contributed by atoms with Crippen LogP contribution in [0.25, 0.3) is 0 Å². The van der Waals surface area contributed by atoms with E-state index in [0.29, 0.717) is 12.6 Å². The van der Waals surface area contributed by atoms with E-state index in [9.17, 15) is 4.79 Å². The Morgan fingerprint density at radius 1 is 1.28 bits per heavy atom. The summed E-state index contributed by atoms with van der Waals surface area (Å²) < 4.78 is 0. The molecule has 0 radical (unpaired) electrons. The molecule has 2 atom stereocenters. The standard InChI is InChI=1S/C14H18N2O.ClH/c17-14(9-15-12-4-2-1-3-5-12)16-10-11-6-7-13(16)8-11;/h1-5,11,13,15H,6-10H2;1H. The monoisotopic (exact) mass is 266 g/mol. The lowest BCUT2D eigenvalue weighted by Gasteiger charge is -2.27. The van der Waals surface area contributed by atoms with E-state index in [1.54, 1.807) is 0 Å². The van der Waals surface area contributed by atoms with Gasteiger partial charge in [0.2, 0.25) is 5.91 Å². The van der Waals surface area contributed by atoms with E-state index in [-0.39, 0.29) is 18.3 Å². The molecule has 1 aromatic carbocycles. The molecule has 4 heteroatoms. The summed E-state index contributed by atoms with van der Waals surface area (Å²) >= 11 is 0. The molecule has 2 bridgehead atoms. The molecule has 3 rings (SSSR count). The Labute approximate surface area is 114 Å². The van der Waals surface area contributed by atoms with Crippen LogP contribution in [0.4, 0.5) is 5.69 Å². The van der Waals surface area contributed by atoms with Crippen LogP contribution >= 0.6 is 12.4 Å². The second kappa shape index (κ2) is 5.61. The van der Waals surface area contributed by atoms with Gasteiger partial charge in [-0.3, -0.25) is 4.79 Å². The number of hydrogen-bond acceptors (Lipinski definition) is 2. The molecule has 1 saturated heterocycles. The maximum atomic E-state index is 12.1. The number of nitrogens with one attached hydrogen (secondary N) is 1. The van der Waals surface area contributed by atoms with Crippen molar-refractivity contribution in [2.45, 2.75) is 25.3 Å². The van der Waals surface area contributed by atoms with Gasteiger partial charge in [-0.2, -0.15) is 0 Å². The van der Waals surface area contributed by atoms with Gasteiger partial charge in [-0.05, 0) is 37.3 Å². The lowest BCUT2D eigenvalue weighted by molar-refractivity contribution is -0.130. The number of nitrogens with zero attached hydrogens (tertiary/aromatic N) is 1. The third-order valence-electron chi connectivity index (χ3n) is 3.95. The summed E-state index contributed by atoms with van der Waals surface area (Å²) in [5.41, 5.74) is 1.02. The number of rotatable bonds is 3. The molecule has 1 saturated carbocycles. The van der Waals surface area contributed by atoms with Crippen molar-refractivity contribution in [3.8, 4) is 0 Å². The van der Waals surface area contributed by atoms with Crippen molar-refractivity contribution in [2.24, 2.45) is 5.92 Å². The second-order valence-electron chi connectivity index (χ2n) is 5.10. The summed E-state index contributed by atoms with van der Waals surface area (Å²) in [4.78, 5) is 14.1. The zero-order valence-corrected chi connectivity index (χ0v) is 11.2. The molecule has 0 aromatic heterocycles. The zero-order valence-electron chi connectivity index (χ0n) is 10.3. The van der Waals surface area contributed by atoms with Crippen LogP contribution < -0.4 is 5.32 Å². The highest BCUT2D eigenvalue weighted by atomic mass is 35.5. The number of piperidine rings is 1. The van der Waals surface area contributed by atoms with E-state index in [2.05, 4.69) is 10.2 Å². The first-order chi connectivity index (χ1) is 8.33. The fourth-order valence-electron chi connectivity index (χ4n) is 3.07. The first-order valence-electron chi connectivity index (χ1n) is 6.41. The van der Waals surface area contributed by atoms with E-state index < -0.39 is 0 Å². The van der Waals surface area contributed by atoms with Crippen molar-refractivity contribution in [3.63, 3.8) is 0 Å². The highest BCUT2D eigenvalue weighted by Gasteiger charge is 2.39. The molecular formula is C14H19ClN2O. The maximum absolute atomic E-state index is 12.1. The van der Waals surface area contributed by atoms with Gasteiger partial charge in [0.15, 0.2) is 0 Å². The minimum atomic E-state index is 0. The lowest BCUT2D eigenvalue weighted by atomic mass is 10.1. The van der Waals surface area contributed by atoms with Crippen LogP contribution in [0, 0.1) is 5.92 Å². The number of anilines is 1. The average Bonchev–Trinajstić information content (AvgIpc) is 2.99. The van der Waals surface area contributed by atoms with Crippen molar-refractivity contribution in [2.75, 3.05) is 18.4 Å². The van der Waals surface area contributed by atoms with Crippen LogP contribution in [0.5, 0.6) is 0 Å². The summed E-state index contributed by atoms with van der Waals surface area (Å²) in [5.74, 6) is 1.03. The molecule has 2 unspecified atom stereocenters. The van der Waals surface area contributed by atoms with Gasteiger partial charge in [0.25, 0.3) is 0 Å². The number of hydrogen-bond donors (Lipinski definition) is 1. The molecule has 0 spiro atoms. The van der Waals surface area contributed by atoms with E-state index in [0.717, 1.165) is 18.2 Å². The number of benzene rings is 1. The molecule has 3 nitrogen and oxygen atoms in total. The Morgan fingerprint density at radius 2 is 2.06 bits per heavy atom. The maximum Gasteiger partial charge on any atom is 0.242 e. The fraction of sp³-hybridized carbons (Fsp3) is 0.500. The van der Waals surface area contributed by atoms with Crippen molar-refractivity contribution < 1.29 is 4.79 Å². The Morgan fingerprint density at radius 3 is 2.67 bits per heavy atom. The molecule has 1 N–H and O–H groups in total. The second-order valence-corrected chi connectivity index (χ2v) is 5.10. The van der Waals surface area contributed by atoms with Crippen molar-refractivity contribution in [1.82, 2.24) is 4.90 Å². The number of carbonyl (C=O) groups excluding carboxylic acids is 1. The third kappa shape index (κ3) is 2.61. The molecule has 1 amide bonds. The van der Waals surface area contributed by atoms with Gasteiger partial charge >= 0.3 is 0 Å². The van der Waals surface area contributed by atoms with E-state index >= 15 is 0 Å². The Bertz CT molecular complexity index is 410. The highest BCUT2D eigenvalue weighted by molar-refractivity contribution is 5.85. The van der Waals surface area contributed by atoms with Crippen molar-refractivity contribution in [1.29, 1.82) is 0 Å². The summed E-state index contributed by atoms with van der Waals surface area (Å²) in [7, 11) is 0. The smallest absolute Gasteiger partial charge is 0.242 e. The third-order valence-corrected chi connectivity index (χ3v) is 3.95. The molecule has 2 aliphatic rings. The quantitative estimate of drug-likeness (QED) is 0.912. The van der Waals surface area contributed by atoms with Crippen molar-refractivity contribution in [3.05, 3.63) is 30.3 Å². The van der Waals surface area contributed by atoms with Gasteiger partial charge in [0.05, 0.1) is 6.54 Å². The Balaban J connectivity index is 0.00000120. The molecule has 1 aliphatic heterocycles. The average molecular weight is 267 g/mol. The number of likely N-dealkylation sites (tertiary alicyclic amines) is 1. The summed E-state index contributed by atoms with van der Waals surface area (Å²) in [6.45, 7) is 1.41. The number of fused-ring (bicyclic) bond motifs is 2.